The molecule has 1 aromatic heterocycles. The molecule has 0 saturated heterocycles. The molecule has 0 unspecified atom stereocenters. The van der Waals surface area contributed by atoms with E-state index in [0.717, 1.165) is 0 Å². The van der Waals surface area contributed by atoms with Gasteiger partial charge in [-0.2, -0.15) is 0 Å². The third kappa shape index (κ3) is 4.27. The minimum absolute atomic E-state index is 0.155. The van der Waals surface area contributed by atoms with Gasteiger partial charge in [-0.3, -0.25) is 4.79 Å². The lowest BCUT2D eigenvalue weighted by molar-refractivity contribution is 0.0924. The maximum atomic E-state index is 14.0. The molecule has 1 amide bonds. The Kier molecular flexibility index (Phi) is 5.60. The molecule has 2 aromatic rings. The Morgan fingerprint density at radius 2 is 2.20 bits per heavy atom. The summed E-state index contributed by atoms with van der Waals surface area (Å²) in [5.74, 6) is 2.41. The van der Waals surface area contributed by atoms with Crippen molar-refractivity contribution < 1.29 is 13.9 Å². The topological polar surface area (TPSA) is 63.2 Å². The van der Waals surface area contributed by atoms with Gasteiger partial charge in [0.1, 0.15) is 17.4 Å². The van der Waals surface area contributed by atoms with Gasteiger partial charge in [0, 0.05) is 12.3 Å². The molecule has 0 aliphatic carbocycles. The summed E-state index contributed by atoms with van der Waals surface area (Å²) in [5.41, 5.74) is -0.354. The molecule has 5 nitrogen and oxygen atoms in total. The second-order valence-electron chi connectivity index (χ2n) is 5.65. The molecule has 25 heavy (non-hydrogen) atoms. The van der Waals surface area contributed by atoms with Crippen LogP contribution >= 0.6 is 0 Å². The maximum Gasteiger partial charge on any atom is 0.256 e. The Labute approximate surface area is 146 Å². The molecule has 0 spiro atoms. The van der Waals surface area contributed by atoms with Gasteiger partial charge in [0.15, 0.2) is 0 Å². The first-order chi connectivity index (χ1) is 11.9. The van der Waals surface area contributed by atoms with Gasteiger partial charge in [-0.1, -0.05) is 12.8 Å². The molecule has 1 heterocycles. The third-order valence-electron chi connectivity index (χ3n) is 3.89. The molecule has 130 valence electrons. The van der Waals surface area contributed by atoms with Gasteiger partial charge in [0.25, 0.3) is 5.91 Å². The zero-order chi connectivity index (χ0) is 18.4. The molecule has 1 atom stereocenters. The Balaban J connectivity index is 2.33. The number of hydrogen-bond donors (Lipinski definition) is 2. The van der Waals surface area contributed by atoms with Crippen LogP contribution in [0, 0.1) is 18.2 Å². The number of anilines is 2. The predicted octanol–water partition coefficient (Wildman–Crippen LogP) is 3.50. The second kappa shape index (κ2) is 7.67. The van der Waals surface area contributed by atoms with E-state index >= 15 is 0 Å². The van der Waals surface area contributed by atoms with Crippen molar-refractivity contribution in [3.8, 4) is 18.1 Å². The summed E-state index contributed by atoms with van der Waals surface area (Å²) in [6, 6.07) is 7.49. The first kappa shape index (κ1) is 18.3. The third-order valence-corrected chi connectivity index (χ3v) is 3.89. The van der Waals surface area contributed by atoms with Gasteiger partial charge in [-0.15, -0.1) is 6.42 Å². The van der Waals surface area contributed by atoms with Crippen LogP contribution in [0.15, 0.2) is 36.5 Å². The Morgan fingerprint density at radius 1 is 1.44 bits per heavy atom. The molecule has 6 heteroatoms. The Bertz CT molecular complexity index is 817. The minimum Gasteiger partial charge on any atom is -0.497 e. The highest BCUT2D eigenvalue weighted by Gasteiger charge is 2.24. The molecule has 1 aromatic carbocycles. The number of amides is 1. The lowest BCUT2D eigenvalue weighted by Gasteiger charge is -2.24. The highest BCUT2D eigenvalue weighted by molar-refractivity contribution is 6.00. The van der Waals surface area contributed by atoms with Crippen LogP contribution in [0.3, 0.4) is 0 Å². The quantitative estimate of drug-likeness (QED) is 0.790. The van der Waals surface area contributed by atoms with Crippen LogP contribution in [0.2, 0.25) is 0 Å². The number of carbonyl (C=O) groups is 1. The Hall–Kier alpha value is -3.07. The zero-order valence-corrected chi connectivity index (χ0v) is 14.4. The van der Waals surface area contributed by atoms with E-state index in [-0.39, 0.29) is 23.0 Å². The average molecular weight is 341 g/mol. The van der Waals surface area contributed by atoms with Crippen LogP contribution in [0.25, 0.3) is 0 Å². The summed E-state index contributed by atoms with van der Waals surface area (Å²) in [6.07, 6.45) is 7.58. The van der Waals surface area contributed by atoms with E-state index in [0.29, 0.717) is 12.2 Å². The smallest absolute Gasteiger partial charge is 0.256 e. The van der Waals surface area contributed by atoms with E-state index in [1.165, 1.54) is 31.5 Å². The van der Waals surface area contributed by atoms with E-state index < -0.39 is 11.4 Å². The van der Waals surface area contributed by atoms with E-state index in [1.807, 2.05) is 6.92 Å². The summed E-state index contributed by atoms with van der Waals surface area (Å²) >= 11 is 0. The number of benzene rings is 1. The van der Waals surface area contributed by atoms with Gasteiger partial charge < -0.3 is 15.4 Å². The number of carbonyl (C=O) groups excluding carboxylic acids is 1. The fourth-order valence-electron chi connectivity index (χ4n) is 2.09. The van der Waals surface area contributed by atoms with Crippen molar-refractivity contribution in [2.24, 2.45) is 0 Å². The molecule has 0 bridgehead atoms. The number of terminal acetylenes is 1. The zero-order valence-electron chi connectivity index (χ0n) is 14.4. The van der Waals surface area contributed by atoms with E-state index in [9.17, 15) is 9.18 Å². The van der Waals surface area contributed by atoms with Crippen molar-refractivity contribution >= 4 is 17.4 Å². The standard InChI is InChI=1S/C19H20FN3O2/c1-5-19(3,6-2)23-18(24)14-8-7-11-21-17(14)22-16-12-13(25-4)9-10-15(16)20/h1,7-12H,6H2,2-4H3,(H,21,22)(H,23,24)/t19-/m0/s1. The number of rotatable bonds is 6. The summed E-state index contributed by atoms with van der Waals surface area (Å²) < 4.78 is 19.1. The lowest BCUT2D eigenvalue weighted by Crippen LogP contribution is -2.44. The van der Waals surface area contributed by atoms with Crippen LogP contribution in [-0.4, -0.2) is 23.5 Å². The number of hydrogen-bond acceptors (Lipinski definition) is 4. The molecule has 0 aliphatic rings. The number of methoxy groups -OCH3 is 1. The van der Waals surface area contributed by atoms with E-state index in [4.69, 9.17) is 11.2 Å². The number of ether oxygens (including phenoxy) is 1. The molecular formula is C19H20FN3O2. The van der Waals surface area contributed by atoms with Crippen molar-refractivity contribution in [1.29, 1.82) is 0 Å². The molecule has 0 aliphatic heterocycles. The van der Waals surface area contributed by atoms with Gasteiger partial charge in [-0.25, -0.2) is 9.37 Å². The highest BCUT2D eigenvalue weighted by Crippen LogP contribution is 2.25. The van der Waals surface area contributed by atoms with Gasteiger partial charge in [0.2, 0.25) is 0 Å². The van der Waals surface area contributed by atoms with Crippen molar-refractivity contribution in [3.63, 3.8) is 0 Å². The largest absolute Gasteiger partial charge is 0.497 e. The van der Waals surface area contributed by atoms with Crippen LogP contribution in [0.5, 0.6) is 5.75 Å². The van der Waals surface area contributed by atoms with Crippen LogP contribution in [0.1, 0.15) is 30.6 Å². The monoisotopic (exact) mass is 341 g/mol. The molecule has 2 N–H and O–H groups in total. The van der Waals surface area contributed by atoms with Crippen molar-refractivity contribution in [2.75, 3.05) is 12.4 Å². The number of aromatic nitrogens is 1. The van der Waals surface area contributed by atoms with Crippen molar-refractivity contribution in [2.45, 2.75) is 25.8 Å². The molecule has 0 fully saturated rings. The fraction of sp³-hybridized carbons (Fsp3) is 0.263. The summed E-state index contributed by atoms with van der Waals surface area (Å²) in [5, 5.41) is 5.64. The summed E-state index contributed by atoms with van der Waals surface area (Å²) in [6.45, 7) is 3.64. The number of nitrogens with zero attached hydrogens (tertiary/aromatic N) is 1. The fourth-order valence-corrected chi connectivity index (χ4v) is 2.09. The normalized spacial score (nSPS) is 12.6. The maximum absolute atomic E-state index is 14.0. The summed E-state index contributed by atoms with van der Waals surface area (Å²) in [7, 11) is 1.49. The first-order valence-electron chi connectivity index (χ1n) is 7.78. The number of pyridine rings is 1. The van der Waals surface area contributed by atoms with Crippen molar-refractivity contribution in [3.05, 3.63) is 47.9 Å². The average Bonchev–Trinajstić information content (AvgIpc) is 2.63. The number of halogens is 1. The predicted molar refractivity (Wildman–Crippen MR) is 95.5 cm³/mol. The van der Waals surface area contributed by atoms with Gasteiger partial charge in [0.05, 0.1) is 23.9 Å². The molecular weight excluding hydrogens is 321 g/mol. The SMILES string of the molecule is C#C[C@@](C)(CC)NC(=O)c1cccnc1Nc1cc(OC)ccc1F. The van der Waals surface area contributed by atoms with Crippen molar-refractivity contribution in [1.82, 2.24) is 10.3 Å². The molecule has 2 rings (SSSR count). The van der Waals surface area contributed by atoms with Gasteiger partial charge >= 0.3 is 0 Å². The number of nitrogens with one attached hydrogen (secondary N) is 2. The van der Waals surface area contributed by atoms with E-state index in [1.54, 1.807) is 19.1 Å². The first-order valence-corrected chi connectivity index (χ1v) is 7.78. The molecule has 0 saturated carbocycles. The van der Waals surface area contributed by atoms with E-state index in [2.05, 4.69) is 21.5 Å². The molecule has 0 radical (unpaired) electrons. The van der Waals surface area contributed by atoms with Crippen LogP contribution in [0.4, 0.5) is 15.9 Å². The van der Waals surface area contributed by atoms with Gasteiger partial charge in [-0.05, 0) is 37.6 Å². The van der Waals surface area contributed by atoms with Crippen LogP contribution in [-0.2, 0) is 0 Å². The summed E-state index contributed by atoms with van der Waals surface area (Å²) in [4.78, 5) is 16.7. The minimum atomic E-state index is -0.772. The lowest BCUT2D eigenvalue weighted by atomic mass is 9.99. The Morgan fingerprint density at radius 3 is 2.84 bits per heavy atom. The highest BCUT2D eigenvalue weighted by atomic mass is 19.1. The van der Waals surface area contributed by atoms with Crippen LogP contribution < -0.4 is 15.4 Å². The second-order valence-corrected chi connectivity index (χ2v) is 5.65.